The standard InChI is InChI=1S/C13H17N3O3S/c1-16-9-10(8-15-16)13(7-14)19-11-4-3-5-12(6-11)20(2,17)18/h3-6,8-9,13H,7,14H2,1-2H3. The quantitative estimate of drug-likeness (QED) is 0.885. The lowest BCUT2D eigenvalue weighted by molar-refractivity contribution is 0.213. The molecule has 2 rings (SSSR count). The first-order valence-electron chi connectivity index (χ1n) is 6.05. The zero-order chi connectivity index (χ0) is 14.8. The maximum atomic E-state index is 11.5. The second-order valence-electron chi connectivity index (χ2n) is 4.54. The Hall–Kier alpha value is -1.86. The van der Waals surface area contributed by atoms with Crippen LogP contribution in [0.3, 0.4) is 0 Å². The maximum Gasteiger partial charge on any atom is 0.175 e. The monoisotopic (exact) mass is 295 g/mol. The fraction of sp³-hybridized carbons (Fsp3) is 0.308. The van der Waals surface area contributed by atoms with Gasteiger partial charge in [0.1, 0.15) is 11.9 Å². The summed E-state index contributed by atoms with van der Waals surface area (Å²) in [5, 5.41) is 4.07. The smallest absolute Gasteiger partial charge is 0.175 e. The third kappa shape index (κ3) is 3.37. The molecule has 1 atom stereocenters. The first-order valence-corrected chi connectivity index (χ1v) is 7.94. The molecular formula is C13H17N3O3S. The molecule has 1 heterocycles. The average Bonchev–Trinajstić information content (AvgIpc) is 2.82. The van der Waals surface area contributed by atoms with Gasteiger partial charge in [-0.2, -0.15) is 5.10 Å². The Morgan fingerprint density at radius 1 is 1.45 bits per heavy atom. The van der Waals surface area contributed by atoms with Crippen LogP contribution in [0.25, 0.3) is 0 Å². The normalized spacial score (nSPS) is 13.2. The second kappa shape index (κ2) is 5.64. The average molecular weight is 295 g/mol. The summed E-state index contributed by atoms with van der Waals surface area (Å²) in [4.78, 5) is 0.219. The number of ether oxygens (including phenoxy) is 1. The Balaban J connectivity index is 2.24. The molecule has 108 valence electrons. The molecule has 7 heteroatoms. The van der Waals surface area contributed by atoms with Gasteiger partial charge in [-0.15, -0.1) is 0 Å². The number of sulfone groups is 1. The van der Waals surface area contributed by atoms with Gasteiger partial charge >= 0.3 is 0 Å². The summed E-state index contributed by atoms with van der Waals surface area (Å²) >= 11 is 0. The van der Waals surface area contributed by atoms with Crippen LogP contribution < -0.4 is 10.5 Å². The number of benzene rings is 1. The van der Waals surface area contributed by atoms with Gasteiger partial charge < -0.3 is 10.5 Å². The van der Waals surface area contributed by atoms with E-state index in [1.54, 1.807) is 30.1 Å². The molecular weight excluding hydrogens is 278 g/mol. The number of nitrogens with two attached hydrogens (primary N) is 1. The second-order valence-corrected chi connectivity index (χ2v) is 6.55. The molecule has 1 aromatic heterocycles. The minimum Gasteiger partial charge on any atom is -0.484 e. The number of rotatable bonds is 5. The minimum atomic E-state index is -3.26. The van der Waals surface area contributed by atoms with Crippen molar-refractivity contribution in [3.63, 3.8) is 0 Å². The van der Waals surface area contributed by atoms with Crippen molar-refractivity contribution in [1.82, 2.24) is 9.78 Å². The Morgan fingerprint density at radius 3 is 2.75 bits per heavy atom. The summed E-state index contributed by atoms with van der Waals surface area (Å²) in [5.74, 6) is 0.465. The number of aromatic nitrogens is 2. The van der Waals surface area contributed by atoms with E-state index < -0.39 is 9.84 Å². The predicted molar refractivity (Wildman–Crippen MR) is 75.2 cm³/mol. The molecule has 0 bridgehead atoms. The van der Waals surface area contributed by atoms with Crippen LogP contribution in [0.2, 0.25) is 0 Å². The van der Waals surface area contributed by atoms with Gasteiger partial charge in [0.25, 0.3) is 0 Å². The molecule has 2 aromatic rings. The van der Waals surface area contributed by atoms with Gasteiger partial charge in [0.15, 0.2) is 9.84 Å². The topological polar surface area (TPSA) is 87.2 Å². The summed E-state index contributed by atoms with van der Waals surface area (Å²) < 4.78 is 30.5. The highest BCUT2D eigenvalue weighted by Gasteiger charge is 2.15. The van der Waals surface area contributed by atoms with Crippen LogP contribution in [0.4, 0.5) is 0 Å². The molecule has 0 aliphatic heterocycles. The number of hydrogen-bond donors (Lipinski definition) is 1. The number of hydrogen-bond acceptors (Lipinski definition) is 5. The SMILES string of the molecule is Cn1cc(C(CN)Oc2cccc(S(C)(=O)=O)c2)cn1. The Kier molecular flexibility index (Phi) is 4.10. The third-order valence-electron chi connectivity index (χ3n) is 2.82. The summed E-state index contributed by atoms with van der Waals surface area (Å²) in [5.41, 5.74) is 6.55. The molecule has 0 aliphatic carbocycles. The van der Waals surface area contributed by atoms with E-state index >= 15 is 0 Å². The van der Waals surface area contributed by atoms with Crippen LogP contribution in [-0.4, -0.2) is 31.0 Å². The van der Waals surface area contributed by atoms with Gasteiger partial charge in [-0.05, 0) is 18.2 Å². The van der Waals surface area contributed by atoms with E-state index in [-0.39, 0.29) is 17.5 Å². The predicted octanol–water partition coefficient (Wildman–Crippen LogP) is 0.902. The van der Waals surface area contributed by atoms with Crippen molar-refractivity contribution in [2.75, 3.05) is 12.8 Å². The molecule has 0 saturated carbocycles. The van der Waals surface area contributed by atoms with Gasteiger partial charge in [-0.3, -0.25) is 4.68 Å². The van der Waals surface area contributed by atoms with Crippen LogP contribution in [-0.2, 0) is 16.9 Å². The summed E-state index contributed by atoms with van der Waals surface area (Å²) in [7, 11) is -1.45. The van der Waals surface area contributed by atoms with Crippen molar-refractivity contribution in [3.8, 4) is 5.75 Å². The van der Waals surface area contributed by atoms with Crippen molar-refractivity contribution in [2.45, 2.75) is 11.0 Å². The molecule has 2 N–H and O–H groups in total. The lowest BCUT2D eigenvalue weighted by Crippen LogP contribution is -2.18. The summed E-state index contributed by atoms with van der Waals surface area (Å²) in [6, 6.07) is 6.37. The van der Waals surface area contributed by atoms with Gasteiger partial charge in [-0.1, -0.05) is 6.07 Å². The highest BCUT2D eigenvalue weighted by molar-refractivity contribution is 7.90. The van der Waals surface area contributed by atoms with E-state index in [1.807, 2.05) is 6.20 Å². The van der Waals surface area contributed by atoms with E-state index in [9.17, 15) is 8.42 Å². The summed E-state index contributed by atoms with van der Waals surface area (Å²) in [6.07, 6.45) is 4.29. The first-order chi connectivity index (χ1) is 9.40. The van der Waals surface area contributed by atoms with Crippen molar-refractivity contribution in [2.24, 2.45) is 12.8 Å². The van der Waals surface area contributed by atoms with E-state index in [2.05, 4.69) is 5.10 Å². The molecule has 1 aromatic carbocycles. The van der Waals surface area contributed by atoms with Crippen LogP contribution >= 0.6 is 0 Å². The Morgan fingerprint density at radius 2 is 2.20 bits per heavy atom. The Bertz CT molecular complexity index is 694. The van der Waals surface area contributed by atoms with Crippen molar-refractivity contribution in [3.05, 3.63) is 42.2 Å². The van der Waals surface area contributed by atoms with Crippen molar-refractivity contribution >= 4 is 9.84 Å². The van der Waals surface area contributed by atoms with Crippen LogP contribution in [0.15, 0.2) is 41.6 Å². The number of aryl methyl sites for hydroxylation is 1. The van der Waals surface area contributed by atoms with Gasteiger partial charge in [-0.25, -0.2) is 8.42 Å². The molecule has 0 saturated heterocycles. The molecule has 0 amide bonds. The highest BCUT2D eigenvalue weighted by atomic mass is 32.2. The van der Waals surface area contributed by atoms with E-state index in [1.165, 1.54) is 12.1 Å². The minimum absolute atomic E-state index is 0.219. The van der Waals surface area contributed by atoms with Crippen LogP contribution in [0, 0.1) is 0 Å². The lowest BCUT2D eigenvalue weighted by Gasteiger charge is -2.16. The largest absolute Gasteiger partial charge is 0.484 e. The Labute approximate surface area is 118 Å². The molecule has 0 spiro atoms. The van der Waals surface area contributed by atoms with E-state index in [0.29, 0.717) is 5.75 Å². The van der Waals surface area contributed by atoms with Crippen LogP contribution in [0.1, 0.15) is 11.7 Å². The van der Waals surface area contributed by atoms with E-state index in [4.69, 9.17) is 10.5 Å². The van der Waals surface area contributed by atoms with Crippen molar-refractivity contribution in [1.29, 1.82) is 0 Å². The molecule has 0 radical (unpaired) electrons. The molecule has 0 aliphatic rings. The summed E-state index contributed by atoms with van der Waals surface area (Å²) in [6.45, 7) is 0.273. The van der Waals surface area contributed by atoms with Gasteiger partial charge in [0, 0.05) is 31.6 Å². The fourth-order valence-corrected chi connectivity index (χ4v) is 2.46. The lowest BCUT2D eigenvalue weighted by atomic mass is 10.2. The zero-order valence-electron chi connectivity index (χ0n) is 11.4. The third-order valence-corrected chi connectivity index (χ3v) is 3.93. The van der Waals surface area contributed by atoms with Crippen LogP contribution in [0.5, 0.6) is 5.75 Å². The number of nitrogens with zero attached hydrogens (tertiary/aromatic N) is 2. The van der Waals surface area contributed by atoms with Gasteiger partial charge in [0.2, 0.25) is 0 Å². The molecule has 20 heavy (non-hydrogen) atoms. The zero-order valence-corrected chi connectivity index (χ0v) is 12.2. The van der Waals surface area contributed by atoms with Crippen molar-refractivity contribution < 1.29 is 13.2 Å². The fourth-order valence-electron chi connectivity index (χ4n) is 1.80. The highest BCUT2D eigenvalue weighted by Crippen LogP contribution is 2.23. The molecule has 0 fully saturated rings. The first kappa shape index (κ1) is 14.5. The molecule has 1 unspecified atom stereocenters. The van der Waals surface area contributed by atoms with Gasteiger partial charge in [0.05, 0.1) is 11.1 Å². The maximum absolute atomic E-state index is 11.5. The molecule has 6 nitrogen and oxygen atoms in total. The van der Waals surface area contributed by atoms with E-state index in [0.717, 1.165) is 11.8 Å².